The van der Waals surface area contributed by atoms with Crippen LogP contribution in [0.25, 0.3) is 0 Å². The van der Waals surface area contributed by atoms with Crippen molar-refractivity contribution in [1.29, 1.82) is 0 Å². The van der Waals surface area contributed by atoms with Crippen LogP contribution >= 0.6 is 0 Å². The molecular formula is C29H48O3. The van der Waals surface area contributed by atoms with Crippen molar-refractivity contribution in [2.75, 3.05) is 0 Å². The molecule has 5 aliphatic rings. The molecule has 1 heterocycles. The summed E-state index contributed by atoms with van der Waals surface area (Å²) in [4.78, 5) is 0. The van der Waals surface area contributed by atoms with Crippen LogP contribution in [-0.2, 0) is 4.74 Å². The van der Waals surface area contributed by atoms with Crippen LogP contribution in [0.15, 0.2) is 12.7 Å². The molecule has 6 unspecified atom stereocenters. The third-order valence-electron chi connectivity index (χ3n) is 12.2. The fourth-order valence-corrected chi connectivity index (χ4v) is 9.92. The maximum Gasteiger partial charge on any atom is 0.103 e. The fourth-order valence-electron chi connectivity index (χ4n) is 9.92. The zero-order valence-electron chi connectivity index (χ0n) is 21.3. The molecule has 0 amide bonds. The molecule has 4 aliphatic carbocycles. The Kier molecular flexibility index (Phi) is 5.52. The Morgan fingerprint density at radius 2 is 1.84 bits per heavy atom. The first-order valence-electron chi connectivity index (χ1n) is 13.7. The third-order valence-corrected chi connectivity index (χ3v) is 12.2. The van der Waals surface area contributed by atoms with Crippen molar-refractivity contribution in [3.05, 3.63) is 12.7 Å². The molecule has 1 saturated heterocycles. The van der Waals surface area contributed by atoms with Gasteiger partial charge in [-0.05, 0) is 98.7 Å². The van der Waals surface area contributed by atoms with Crippen molar-refractivity contribution in [2.45, 2.75) is 122 Å². The van der Waals surface area contributed by atoms with Crippen LogP contribution in [0.1, 0.15) is 98.8 Å². The minimum absolute atomic E-state index is 0.00311. The number of aliphatic hydroxyl groups excluding tert-OH is 1. The maximum absolute atomic E-state index is 11.0. The largest absolute Gasteiger partial charge is 0.393 e. The number of hydrogen-bond acceptors (Lipinski definition) is 3. The molecule has 5 rings (SSSR count). The van der Waals surface area contributed by atoms with E-state index in [9.17, 15) is 10.2 Å². The molecule has 2 N–H and O–H groups in total. The lowest BCUT2D eigenvalue weighted by molar-refractivity contribution is -0.117. The van der Waals surface area contributed by atoms with Gasteiger partial charge >= 0.3 is 0 Å². The average molecular weight is 445 g/mol. The van der Waals surface area contributed by atoms with E-state index < -0.39 is 5.60 Å². The fraction of sp³-hybridized carbons (Fsp3) is 0.931. The molecule has 0 radical (unpaired) electrons. The van der Waals surface area contributed by atoms with E-state index in [0.29, 0.717) is 17.4 Å². The molecule has 3 heteroatoms. The summed E-state index contributed by atoms with van der Waals surface area (Å²) in [5.41, 5.74) is -0.0372. The Balaban J connectivity index is 1.32. The molecule has 1 spiro atoms. The predicted octanol–water partition coefficient (Wildman–Crippen LogP) is 6.13. The SMILES string of the molecule is C=C[C@](O)(CC[C@@H](C)C1CCC2C3CC4OC45C[C@@H](O)CC[C@]5(C)C3CC[C@@]21C)C(C)C. The molecule has 5 fully saturated rings. The first-order valence-corrected chi connectivity index (χ1v) is 13.7. The van der Waals surface area contributed by atoms with Crippen molar-refractivity contribution in [1.82, 2.24) is 0 Å². The lowest BCUT2D eigenvalue weighted by Crippen LogP contribution is -2.58. The number of hydrogen-bond donors (Lipinski definition) is 2. The van der Waals surface area contributed by atoms with Crippen molar-refractivity contribution >= 4 is 0 Å². The van der Waals surface area contributed by atoms with Crippen LogP contribution < -0.4 is 0 Å². The zero-order chi connectivity index (χ0) is 23.1. The van der Waals surface area contributed by atoms with E-state index >= 15 is 0 Å². The summed E-state index contributed by atoms with van der Waals surface area (Å²) in [6.07, 6.45) is 13.6. The Labute approximate surface area is 196 Å². The molecule has 0 aromatic rings. The van der Waals surface area contributed by atoms with E-state index in [1.165, 1.54) is 32.1 Å². The number of rotatable bonds is 6. The Hall–Kier alpha value is -0.380. The quantitative estimate of drug-likeness (QED) is 0.383. The maximum atomic E-state index is 11.0. The van der Waals surface area contributed by atoms with Gasteiger partial charge in [0.25, 0.3) is 0 Å². The average Bonchev–Trinajstić information content (AvgIpc) is 3.32. The first-order chi connectivity index (χ1) is 15.0. The van der Waals surface area contributed by atoms with E-state index in [1.807, 2.05) is 0 Å². The van der Waals surface area contributed by atoms with Gasteiger partial charge in [-0.15, -0.1) is 6.58 Å². The van der Waals surface area contributed by atoms with Gasteiger partial charge in [-0.3, -0.25) is 0 Å². The molecule has 1 aliphatic heterocycles. The second-order valence-electron chi connectivity index (χ2n) is 13.5. The molecule has 0 aromatic heterocycles. The molecule has 0 bridgehead atoms. The van der Waals surface area contributed by atoms with Crippen LogP contribution in [0.5, 0.6) is 0 Å². The van der Waals surface area contributed by atoms with Gasteiger partial charge < -0.3 is 14.9 Å². The lowest BCUT2D eigenvalue weighted by Gasteiger charge is -2.59. The highest BCUT2D eigenvalue weighted by molar-refractivity contribution is 5.24. The van der Waals surface area contributed by atoms with Gasteiger partial charge in [0.1, 0.15) is 5.60 Å². The highest BCUT2D eigenvalue weighted by atomic mass is 16.6. The number of ether oxygens (including phenoxy) is 1. The highest BCUT2D eigenvalue weighted by Gasteiger charge is 2.76. The summed E-state index contributed by atoms with van der Waals surface area (Å²) in [6.45, 7) is 15.7. The normalized spacial score (nSPS) is 52.2. The van der Waals surface area contributed by atoms with E-state index in [1.54, 1.807) is 6.08 Å². The van der Waals surface area contributed by atoms with Crippen LogP contribution in [0.3, 0.4) is 0 Å². The van der Waals surface area contributed by atoms with Crippen LogP contribution in [-0.4, -0.2) is 33.6 Å². The van der Waals surface area contributed by atoms with E-state index in [-0.39, 0.29) is 23.0 Å². The molecule has 32 heavy (non-hydrogen) atoms. The van der Waals surface area contributed by atoms with Gasteiger partial charge in [-0.25, -0.2) is 0 Å². The summed E-state index contributed by atoms with van der Waals surface area (Å²) < 4.78 is 6.50. The van der Waals surface area contributed by atoms with E-state index in [0.717, 1.165) is 55.8 Å². The molecule has 4 saturated carbocycles. The van der Waals surface area contributed by atoms with Crippen molar-refractivity contribution in [2.24, 2.45) is 46.3 Å². The summed E-state index contributed by atoms with van der Waals surface area (Å²) in [5, 5.41) is 21.4. The van der Waals surface area contributed by atoms with Gasteiger partial charge in [0, 0.05) is 11.8 Å². The van der Waals surface area contributed by atoms with E-state index in [4.69, 9.17) is 4.74 Å². The minimum atomic E-state index is -0.735. The van der Waals surface area contributed by atoms with Crippen LogP contribution in [0, 0.1) is 46.3 Å². The Bertz CT molecular complexity index is 749. The van der Waals surface area contributed by atoms with Gasteiger partial charge in [0.05, 0.1) is 17.8 Å². The second kappa shape index (κ2) is 7.56. The molecule has 0 aromatic carbocycles. The number of aliphatic hydroxyl groups is 2. The molecule has 182 valence electrons. The van der Waals surface area contributed by atoms with Gasteiger partial charge in [-0.1, -0.05) is 40.7 Å². The topological polar surface area (TPSA) is 53.0 Å². The predicted molar refractivity (Wildman–Crippen MR) is 129 cm³/mol. The summed E-state index contributed by atoms with van der Waals surface area (Å²) >= 11 is 0. The Morgan fingerprint density at radius 3 is 2.53 bits per heavy atom. The zero-order valence-corrected chi connectivity index (χ0v) is 21.3. The standard InChI is InChI=1S/C29H48O3/c1-7-28(31,18(2)3)15-10-19(4)22-8-9-23-21-16-25-29(32-25)17-20(30)11-14-27(29,6)24(21)12-13-26(22,23)5/h7,18-25,30-31H,1,8-17H2,2-6H3/t19-,20+,21?,22?,23?,24?,25?,26-,27-,28+,29?/m1/s1. The molecule has 11 atom stereocenters. The first kappa shape index (κ1) is 23.4. The minimum Gasteiger partial charge on any atom is -0.393 e. The van der Waals surface area contributed by atoms with Gasteiger partial charge in [-0.2, -0.15) is 0 Å². The molecular weight excluding hydrogens is 396 g/mol. The Morgan fingerprint density at radius 1 is 1.09 bits per heavy atom. The van der Waals surface area contributed by atoms with Gasteiger partial charge in [0.2, 0.25) is 0 Å². The summed E-state index contributed by atoms with van der Waals surface area (Å²) in [5.74, 6) is 4.02. The monoisotopic (exact) mass is 444 g/mol. The number of fused-ring (bicyclic) bond motifs is 4. The van der Waals surface area contributed by atoms with Crippen molar-refractivity contribution in [3.63, 3.8) is 0 Å². The second-order valence-corrected chi connectivity index (χ2v) is 13.5. The highest BCUT2D eigenvalue weighted by Crippen LogP contribution is 2.74. The van der Waals surface area contributed by atoms with Crippen LogP contribution in [0.2, 0.25) is 0 Å². The van der Waals surface area contributed by atoms with E-state index in [2.05, 4.69) is 41.2 Å². The van der Waals surface area contributed by atoms with Crippen LogP contribution in [0.4, 0.5) is 0 Å². The van der Waals surface area contributed by atoms with Crippen molar-refractivity contribution in [3.8, 4) is 0 Å². The number of epoxide rings is 1. The van der Waals surface area contributed by atoms with Crippen molar-refractivity contribution < 1.29 is 14.9 Å². The lowest BCUT2D eigenvalue weighted by atomic mass is 9.44. The smallest absolute Gasteiger partial charge is 0.103 e. The summed E-state index contributed by atoms with van der Waals surface area (Å²) in [6, 6.07) is 0. The summed E-state index contributed by atoms with van der Waals surface area (Å²) in [7, 11) is 0. The third kappa shape index (κ3) is 3.09. The van der Waals surface area contributed by atoms with Gasteiger partial charge in [0.15, 0.2) is 0 Å². The molecule has 3 nitrogen and oxygen atoms in total.